The van der Waals surface area contributed by atoms with E-state index in [1.165, 1.54) is 18.2 Å². The summed E-state index contributed by atoms with van der Waals surface area (Å²) < 4.78 is 39.2. The second kappa shape index (κ2) is 12.4. The van der Waals surface area contributed by atoms with E-state index >= 15 is 0 Å². The Labute approximate surface area is 229 Å². The maximum atomic E-state index is 13.4. The van der Waals surface area contributed by atoms with Crippen molar-refractivity contribution in [3.8, 4) is 0 Å². The Balaban J connectivity index is 1.59. The molecule has 0 aromatic heterocycles. The summed E-state index contributed by atoms with van der Waals surface area (Å²) in [6, 6.07) is 29.1. The highest BCUT2D eigenvalue weighted by Crippen LogP contribution is 2.31. The molecular formula is C30H25Cl2F3N2O. The predicted molar refractivity (Wildman–Crippen MR) is 147 cm³/mol. The zero-order valence-corrected chi connectivity index (χ0v) is 21.8. The molecule has 0 aliphatic rings. The van der Waals surface area contributed by atoms with Gasteiger partial charge in [-0.15, -0.1) is 0 Å². The third-order valence-corrected chi connectivity index (χ3v) is 6.75. The van der Waals surface area contributed by atoms with Gasteiger partial charge in [-0.05, 0) is 53.4 Å². The number of benzene rings is 4. The molecule has 0 bridgehead atoms. The zero-order valence-electron chi connectivity index (χ0n) is 20.3. The number of nitrogens with one attached hydrogen (secondary N) is 1. The van der Waals surface area contributed by atoms with Crippen molar-refractivity contribution < 1.29 is 18.0 Å². The molecule has 0 heterocycles. The Hall–Kier alpha value is -3.48. The number of nitrogens with zero attached hydrogens (tertiary/aromatic N) is 1. The van der Waals surface area contributed by atoms with Crippen LogP contribution in [0.3, 0.4) is 0 Å². The molecule has 38 heavy (non-hydrogen) atoms. The molecular weight excluding hydrogens is 532 g/mol. The highest BCUT2D eigenvalue weighted by atomic mass is 35.5. The van der Waals surface area contributed by atoms with Gasteiger partial charge in [0.25, 0.3) is 0 Å². The lowest BCUT2D eigenvalue weighted by atomic mass is 9.88. The van der Waals surface area contributed by atoms with Gasteiger partial charge in [0, 0.05) is 24.0 Å². The van der Waals surface area contributed by atoms with E-state index in [0.717, 1.165) is 23.3 Å². The molecule has 0 aliphatic carbocycles. The minimum absolute atomic E-state index is 0.0134. The van der Waals surface area contributed by atoms with Gasteiger partial charge < -0.3 is 10.2 Å². The van der Waals surface area contributed by atoms with E-state index in [4.69, 9.17) is 23.2 Å². The number of hydrogen-bond donors (Lipinski definition) is 1. The van der Waals surface area contributed by atoms with Gasteiger partial charge in [-0.25, -0.2) is 4.79 Å². The Morgan fingerprint density at radius 3 is 1.92 bits per heavy atom. The highest BCUT2D eigenvalue weighted by Gasteiger charge is 2.30. The topological polar surface area (TPSA) is 32.3 Å². The molecule has 4 rings (SSSR count). The number of urea groups is 1. The average Bonchev–Trinajstić information content (AvgIpc) is 2.90. The van der Waals surface area contributed by atoms with Gasteiger partial charge in [-0.1, -0.05) is 96.0 Å². The van der Waals surface area contributed by atoms with Crippen LogP contribution in [0.1, 0.15) is 34.6 Å². The van der Waals surface area contributed by atoms with Crippen molar-refractivity contribution in [2.45, 2.75) is 25.1 Å². The van der Waals surface area contributed by atoms with Gasteiger partial charge in [0.15, 0.2) is 0 Å². The average molecular weight is 557 g/mol. The minimum Gasteiger partial charge on any atom is -0.320 e. The smallest absolute Gasteiger partial charge is 0.320 e. The SMILES string of the molecule is O=C(Nc1ccc(Cl)cc1Cl)N(CCC(c1ccccc1)c1ccccc1)Cc1ccc(C(F)(F)F)cc1. The fourth-order valence-corrected chi connectivity index (χ4v) is 4.69. The summed E-state index contributed by atoms with van der Waals surface area (Å²) in [5.41, 5.74) is 2.44. The summed E-state index contributed by atoms with van der Waals surface area (Å²) in [5, 5.41) is 3.53. The van der Waals surface area contributed by atoms with Gasteiger partial charge in [0.2, 0.25) is 0 Å². The monoisotopic (exact) mass is 556 g/mol. The molecule has 0 unspecified atom stereocenters. The predicted octanol–water partition coefficient (Wildman–Crippen LogP) is 9.27. The number of carbonyl (C=O) groups is 1. The van der Waals surface area contributed by atoms with Gasteiger partial charge >= 0.3 is 12.2 Å². The molecule has 4 aromatic carbocycles. The van der Waals surface area contributed by atoms with Gasteiger partial charge in [0.05, 0.1) is 16.3 Å². The summed E-state index contributed by atoms with van der Waals surface area (Å²) in [5.74, 6) is 0.0134. The van der Waals surface area contributed by atoms with Gasteiger partial charge in [-0.3, -0.25) is 0 Å². The van der Waals surface area contributed by atoms with Crippen molar-refractivity contribution in [1.82, 2.24) is 4.90 Å². The molecule has 0 spiro atoms. The number of amides is 2. The number of anilines is 1. The summed E-state index contributed by atoms with van der Waals surface area (Å²) in [4.78, 5) is 15.0. The Kier molecular flexibility index (Phi) is 8.97. The van der Waals surface area contributed by atoms with Crippen molar-refractivity contribution in [3.63, 3.8) is 0 Å². The lowest BCUT2D eigenvalue weighted by Gasteiger charge is -2.27. The molecule has 4 aromatic rings. The summed E-state index contributed by atoms with van der Waals surface area (Å²) >= 11 is 12.2. The van der Waals surface area contributed by atoms with Crippen LogP contribution in [-0.4, -0.2) is 17.5 Å². The van der Waals surface area contributed by atoms with Crippen LogP contribution in [0.25, 0.3) is 0 Å². The molecule has 196 valence electrons. The Morgan fingerprint density at radius 2 is 1.39 bits per heavy atom. The van der Waals surface area contributed by atoms with Crippen molar-refractivity contribution in [3.05, 3.63) is 135 Å². The van der Waals surface area contributed by atoms with E-state index in [9.17, 15) is 18.0 Å². The standard InChI is InChI=1S/C30H25Cl2F3N2O/c31-25-15-16-28(27(32)19-25)36-29(38)37(20-21-11-13-24(14-12-21)30(33,34)35)18-17-26(22-7-3-1-4-8-22)23-9-5-2-6-10-23/h1-16,19,26H,17-18,20H2,(H,36,38). The van der Waals surface area contributed by atoms with Crippen LogP contribution in [0, 0.1) is 0 Å². The first-order valence-electron chi connectivity index (χ1n) is 12.0. The maximum absolute atomic E-state index is 13.4. The van der Waals surface area contributed by atoms with Crippen LogP contribution in [0.4, 0.5) is 23.7 Å². The summed E-state index contributed by atoms with van der Waals surface area (Å²) in [6.45, 7) is 0.456. The van der Waals surface area contributed by atoms with Crippen LogP contribution in [-0.2, 0) is 12.7 Å². The second-order valence-electron chi connectivity index (χ2n) is 8.83. The first-order valence-corrected chi connectivity index (χ1v) is 12.7. The molecule has 0 aliphatic heterocycles. The van der Waals surface area contributed by atoms with Crippen LogP contribution < -0.4 is 5.32 Å². The van der Waals surface area contributed by atoms with E-state index in [-0.39, 0.29) is 17.5 Å². The largest absolute Gasteiger partial charge is 0.416 e. The molecule has 0 saturated heterocycles. The molecule has 3 nitrogen and oxygen atoms in total. The first kappa shape index (κ1) is 27.6. The normalized spacial score (nSPS) is 11.4. The maximum Gasteiger partial charge on any atom is 0.416 e. The number of halogens is 5. The molecule has 0 fully saturated rings. The quantitative estimate of drug-likeness (QED) is 0.230. The van der Waals surface area contributed by atoms with E-state index in [2.05, 4.69) is 5.32 Å². The number of alkyl halides is 3. The highest BCUT2D eigenvalue weighted by molar-refractivity contribution is 6.36. The van der Waals surface area contributed by atoms with Crippen molar-refractivity contribution in [2.24, 2.45) is 0 Å². The van der Waals surface area contributed by atoms with E-state index in [0.29, 0.717) is 29.2 Å². The Bertz CT molecular complexity index is 1310. The lowest BCUT2D eigenvalue weighted by Crippen LogP contribution is -2.36. The van der Waals surface area contributed by atoms with Gasteiger partial charge in [-0.2, -0.15) is 13.2 Å². The van der Waals surface area contributed by atoms with Crippen molar-refractivity contribution >= 4 is 34.9 Å². The lowest BCUT2D eigenvalue weighted by molar-refractivity contribution is -0.137. The number of carbonyl (C=O) groups excluding carboxylic acids is 1. The van der Waals surface area contributed by atoms with E-state index in [1.54, 1.807) is 17.0 Å². The van der Waals surface area contributed by atoms with Crippen LogP contribution in [0.5, 0.6) is 0 Å². The molecule has 1 N–H and O–H groups in total. The van der Waals surface area contributed by atoms with Gasteiger partial charge in [0.1, 0.15) is 0 Å². The first-order chi connectivity index (χ1) is 18.2. The fraction of sp³-hybridized carbons (Fsp3) is 0.167. The molecule has 8 heteroatoms. The zero-order chi connectivity index (χ0) is 27.1. The molecule has 0 saturated carbocycles. The molecule has 0 atom stereocenters. The third kappa shape index (κ3) is 7.30. The third-order valence-electron chi connectivity index (χ3n) is 6.21. The fourth-order valence-electron chi connectivity index (χ4n) is 4.24. The molecule has 0 radical (unpaired) electrons. The van der Waals surface area contributed by atoms with Crippen molar-refractivity contribution in [2.75, 3.05) is 11.9 Å². The molecule has 2 amide bonds. The van der Waals surface area contributed by atoms with Crippen LogP contribution >= 0.6 is 23.2 Å². The summed E-state index contributed by atoms with van der Waals surface area (Å²) in [7, 11) is 0. The van der Waals surface area contributed by atoms with Crippen LogP contribution in [0.15, 0.2) is 103 Å². The second-order valence-corrected chi connectivity index (χ2v) is 9.68. The number of rotatable bonds is 8. The van der Waals surface area contributed by atoms with Crippen LogP contribution in [0.2, 0.25) is 10.0 Å². The van der Waals surface area contributed by atoms with E-state index in [1.807, 2.05) is 60.7 Å². The number of hydrogen-bond acceptors (Lipinski definition) is 1. The van der Waals surface area contributed by atoms with Crippen molar-refractivity contribution in [1.29, 1.82) is 0 Å². The minimum atomic E-state index is -4.43. The summed E-state index contributed by atoms with van der Waals surface area (Å²) in [6.07, 6.45) is -3.84. The Morgan fingerprint density at radius 1 is 0.816 bits per heavy atom. The van der Waals surface area contributed by atoms with E-state index < -0.39 is 17.8 Å².